The minimum absolute atomic E-state index is 0.468. The van der Waals surface area contributed by atoms with Crippen LogP contribution in [-0.4, -0.2) is 17.5 Å². The summed E-state index contributed by atoms with van der Waals surface area (Å²) in [5.74, 6) is 0. The minimum atomic E-state index is -2.31. The van der Waals surface area contributed by atoms with E-state index in [9.17, 15) is 8.78 Å². The number of rotatable bonds is 4. The van der Waals surface area contributed by atoms with Crippen LogP contribution in [0.15, 0.2) is 11.7 Å². The van der Waals surface area contributed by atoms with Gasteiger partial charge in [-0.3, -0.25) is 4.98 Å². The molecule has 0 bridgehead atoms. The lowest BCUT2D eigenvalue weighted by Gasteiger charge is -2.10. The van der Waals surface area contributed by atoms with Gasteiger partial charge in [0.2, 0.25) is 0 Å². The zero-order valence-electron chi connectivity index (χ0n) is 6.63. The zero-order chi connectivity index (χ0) is 8.97. The number of thiazole rings is 1. The lowest BCUT2D eigenvalue weighted by molar-refractivity contribution is 0.105. The van der Waals surface area contributed by atoms with E-state index in [1.807, 2.05) is 0 Å². The van der Waals surface area contributed by atoms with Crippen molar-refractivity contribution in [3.05, 3.63) is 16.6 Å². The summed E-state index contributed by atoms with van der Waals surface area (Å²) in [7, 11) is 0. The van der Waals surface area contributed by atoms with E-state index in [0.717, 1.165) is 4.88 Å². The molecule has 1 unspecified atom stereocenters. The normalized spacial score (nSPS) is 13.7. The van der Waals surface area contributed by atoms with E-state index in [4.69, 9.17) is 0 Å². The molecule has 0 aliphatic carbocycles. The Labute approximate surface area is 73.6 Å². The fourth-order valence-corrected chi connectivity index (χ4v) is 1.23. The van der Waals surface area contributed by atoms with Gasteiger partial charge in [0.15, 0.2) is 0 Å². The van der Waals surface area contributed by atoms with E-state index < -0.39 is 12.5 Å². The van der Waals surface area contributed by atoms with Gasteiger partial charge in [-0.25, -0.2) is 8.78 Å². The van der Waals surface area contributed by atoms with Crippen molar-refractivity contribution in [3.63, 3.8) is 0 Å². The van der Waals surface area contributed by atoms with Crippen LogP contribution in [0.2, 0.25) is 0 Å². The highest BCUT2D eigenvalue weighted by molar-refractivity contribution is 7.09. The fraction of sp³-hybridized carbons (Fsp3) is 0.571. The van der Waals surface area contributed by atoms with Gasteiger partial charge >= 0.3 is 0 Å². The third-order valence-electron chi connectivity index (χ3n) is 1.46. The van der Waals surface area contributed by atoms with Crippen LogP contribution in [-0.2, 0) is 6.54 Å². The van der Waals surface area contributed by atoms with Crippen LogP contribution in [0.25, 0.3) is 0 Å². The molecule has 1 N–H and O–H groups in total. The molecule has 5 heteroatoms. The van der Waals surface area contributed by atoms with Crippen LogP contribution in [0.1, 0.15) is 11.8 Å². The number of hydrogen-bond donors (Lipinski definition) is 1. The molecule has 12 heavy (non-hydrogen) atoms. The Morgan fingerprint density at radius 2 is 2.42 bits per heavy atom. The van der Waals surface area contributed by atoms with E-state index in [0.29, 0.717) is 6.54 Å². The van der Waals surface area contributed by atoms with E-state index >= 15 is 0 Å². The van der Waals surface area contributed by atoms with Gasteiger partial charge in [0.25, 0.3) is 6.43 Å². The van der Waals surface area contributed by atoms with Crippen molar-refractivity contribution in [2.24, 2.45) is 0 Å². The molecular weight excluding hydrogens is 182 g/mol. The molecule has 1 aromatic rings. The second-order valence-electron chi connectivity index (χ2n) is 2.47. The summed E-state index contributed by atoms with van der Waals surface area (Å²) in [6.45, 7) is 1.93. The van der Waals surface area contributed by atoms with Gasteiger partial charge in [-0.2, -0.15) is 0 Å². The van der Waals surface area contributed by atoms with Crippen molar-refractivity contribution >= 4 is 11.3 Å². The Morgan fingerprint density at radius 3 is 2.92 bits per heavy atom. The summed E-state index contributed by atoms with van der Waals surface area (Å²) < 4.78 is 24.0. The molecule has 0 aromatic carbocycles. The van der Waals surface area contributed by atoms with Gasteiger partial charge < -0.3 is 5.32 Å². The Kier molecular flexibility index (Phi) is 3.55. The molecule has 0 radical (unpaired) electrons. The number of hydrogen-bond acceptors (Lipinski definition) is 3. The van der Waals surface area contributed by atoms with E-state index in [2.05, 4.69) is 10.3 Å². The summed E-state index contributed by atoms with van der Waals surface area (Å²) in [4.78, 5) is 4.81. The summed E-state index contributed by atoms with van der Waals surface area (Å²) >= 11 is 1.46. The van der Waals surface area contributed by atoms with Crippen LogP contribution < -0.4 is 5.32 Å². The Hall–Kier alpha value is -0.550. The van der Waals surface area contributed by atoms with Gasteiger partial charge in [-0.1, -0.05) is 0 Å². The van der Waals surface area contributed by atoms with Crippen LogP contribution in [0.3, 0.4) is 0 Å². The number of nitrogens with zero attached hydrogens (tertiary/aromatic N) is 1. The van der Waals surface area contributed by atoms with Crippen LogP contribution in [0.4, 0.5) is 8.78 Å². The molecule has 68 valence electrons. The molecule has 0 spiro atoms. The molecule has 0 saturated heterocycles. The standard InChI is InChI=1S/C7H10F2N2S/c1-5(7(8)9)11-3-6-2-10-4-12-6/h2,4-5,7,11H,3H2,1H3. The molecule has 0 aliphatic heterocycles. The Bertz CT molecular complexity index is 213. The van der Waals surface area contributed by atoms with E-state index in [1.165, 1.54) is 18.3 Å². The van der Waals surface area contributed by atoms with Crippen LogP contribution in [0.5, 0.6) is 0 Å². The lowest BCUT2D eigenvalue weighted by atomic mass is 10.3. The third-order valence-corrected chi connectivity index (χ3v) is 2.24. The fourth-order valence-electron chi connectivity index (χ4n) is 0.680. The van der Waals surface area contributed by atoms with Gasteiger partial charge in [0, 0.05) is 17.6 Å². The number of nitrogens with one attached hydrogen (secondary N) is 1. The highest BCUT2D eigenvalue weighted by Gasteiger charge is 2.13. The smallest absolute Gasteiger partial charge is 0.253 e. The van der Waals surface area contributed by atoms with Crippen molar-refractivity contribution in [2.45, 2.75) is 25.9 Å². The highest BCUT2D eigenvalue weighted by atomic mass is 32.1. The maximum atomic E-state index is 12.0. The molecule has 2 nitrogen and oxygen atoms in total. The molecular formula is C7H10F2N2S. The minimum Gasteiger partial charge on any atom is -0.304 e. The second-order valence-corrected chi connectivity index (χ2v) is 3.44. The first-order chi connectivity index (χ1) is 5.70. The Balaban J connectivity index is 2.27. The SMILES string of the molecule is CC(NCc1cncs1)C(F)F. The molecule has 0 saturated carbocycles. The van der Waals surface area contributed by atoms with Gasteiger partial charge in [0.1, 0.15) is 0 Å². The first kappa shape index (κ1) is 9.54. The molecule has 1 atom stereocenters. The summed E-state index contributed by atoms with van der Waals surface area (Å²) in [6, 6.07) is -0.757. The average molecular weight is 192 g/mol. The quantitative estimate of drug-likeness (QED) is 0.788. The molecule has 0 fully saturated rings. The maximum absolute atomic E-state index is 12.0. The third kappa shape index (κ3) is 2.83. The Morgan fingerprint density at radius 1 is 1.67 bits per heavy atom. The molecule has 1 aromatic heterocycles. The van der Waals surface area contributed by atoms with E-state index in [-0.39, 0.29) is 0 Å². The largest absolute Gasteiger partial charge is 0.304 e. The van der Waals surface area contributed by atoms with Crippen molar-refractivity contribution < 1.29 is 8.78 Å². The molecule has 0 amide bonds. The predicted octanol–water partition coefficient (Wildman–Crippen LogP) is 1.89. The first-order valence-corrected chi connectivity index (χ1v) is 4.47. The molecule has 1 rings (SSSR count). The predicted molar refractivity (Wildman–Crippen MR) is 44.4 cm³/mol. The van der Waals surface area contributed by atoms with Crippen LogP contribution in [0, 0.1) is 0 Å². The average Bonchev–Trinajstić information content (AvgIpc) is 2.51. The zero-order valence-corrected chi connectivity index (χ0v) is 7.44. The van der Waals surface area contributed by atoms with Crippen molar-refractivity contribution in [1.82, 2.24) is 10.3 Å². The molecule has 1 heterocycles. The second kappa shape index (κ2) is 4.47. The monoisotopic (exact) mass is 192 g/mol. The topological polar surface area (TPSA) is 24.9 Å². The number of alkyl halides is 2. The maximum Gasteiger partial charge on any atom is 0.253 e. The van der Waals surface area contributed by atoms with Crippen molar-refractivity contribution in [3.8, 4) is 0 Å². The first-order valence-electron chi connectivity index (χ1n) is 3.59. The van der Waals surface area contributed by atoms with Crippen LogP contribution >= 0.6 is 11.3 Å². The van der Waals surface area contributed by atoms with Gasteiger partial charge in [0.05, 0.1) is 11.6 Å². The summed E-state index contributed by atoms with van der Waals surface area (Å²) in [6.07, 6.45) is -0.631. The summed E-state index contributed by atoms with van der Waals surface area (Å²) in [5, 5.41) is 2.70. The highest BCUT2D eigenvalue weighted by Crippen LogP contribution is 2.06. The van der Waals surface area contributed by atoms with Gasteiger partial charge in [-0.15, -0.1) is 11.3 Å². The van der Waals surface area contributed by atoms with Crippen molar-refractivity contribution in [2.75, 3.05) is 0 Å². The van der Waals surface area contributed by atoms with Crippen molar-refractivity contribution in [1.29, 1.82) is 0 Å². The summed E-state index contributed by atoms with van der Waals surface area (Å²) in [5.41, 5.74) is 1.68. The van der Waals surface area contributed by atoms with Gasteiger partial charge in [-0.05, 0) is 6.92 Å². The molecule has 0 aliphatic rings. The number of halogens is 2. The number of aromatic nitrogens is 1. The van der Waals surface area contributed by atoms with E-state index in [1.54, 1.807) is 11.7 Å². The lowest BCUT2D eigenvalue weighted by Crippen LogP contribution is -2.31.